The Morgan fingerprint density at radius 2 is 1.61 bits per heavy atom. The van der Waals surface area contributed by atoms with Gasteiger partial charge in [-0.05, 0) is 56.4 Å². The van der Waals surface area contributed by atoms with Gasteiger partial charge in [-0.15, -0.1) is 0 Å². The van der Waals surface area contributed by atoms with Gasteiger partial charge in [0, 0.05) is 38.6 Å². The van der Waals surface area contributed by atoms with Gasteiger partial charge >= 0.3 is 0 Å². The summed E-state index contributed by atoms with van der Waals surface area (Å²) in [6.07, 6.45) is 6.67. The van der Waals surface area contributed by atoms with Gasteiger partial charge in [-0.2, -0.15) is 0 Å². The molecular formula is C23H33N3O4S. The minimum absolute atomic E-state index is 0.0748. The van der Waals surface area contributed by atoms with E-state index >= 15 is 0 Å². The Balaban J connectivity index is 1.47. The lowest BCUT2D eigenvalue weighted by Crippen LogP contribution is -2.56. The summed E-state index contributed by atoms with van der Waals surface area (Å²) < 4.78 is 27.4. The fourth-order valence-corrected chi connectivity index (χ4v) is 6.82. The number of carbonyl (C=O) groups excluding carboxylic acids is 2. The summed E-state index contributed by atoms with van der Waals surface area (Å²) in [5, 5.41) is 0. The van der Waals surface area contributed by atoms with Crippen molar-refractivity contribution in [3.05, 3.63) is 29.3 Å². The second-order valence-corrected chi connectivity index (χ2v) is 11.0. The van der Waals surface area contributed by atoms with Crippen molar-refractivity contribution in [3.63, 3.8) is 0 Å². The fourth-order valence-electron chi connectivity index (χ4n) is 5.14. The number of nitrogens with zero attached hydrogens (tertiary/aromatic N) is 3. The predicted octanol–water partition coefficient (Wildman–Crippen LogP) is 2.46. The molecular weight excluding hydrogens is 414 g/mol. The SMILES string of the molecule is Cc1ccc(S(=O)(=O)N2C(=O)CCC2C(=O)N2CCN(C3CCCCC3)CC2)cc1C. The summed E-state index contributed by atoms with van der Waals surface area (Å²) in [5.41, 5.74) is 1.82. The molecule has 1 aromatic rings. The Bertz CT molecular complexity index is 948. The lowest BCUT2D eigenvalue weighted by atomic mass is 9.94. The molecule has 1 aliphatic carbocycles. The van der Waals surface area contributed by atoms with Crippen LogP contribution in [0.15, 0.2) is 23.1 Å². The van der Waals surface area contributed by atoms with Crippen LogP contribution < -0.4 is 0 Å². The second-order valence-electron chi connectivity index (χ2n) is 9.15. The molecule has 8 heteroatoms. The highest BCUT2D eigenvalue weighted by molar-refractivity contribution is 7.89. The van der Waals surface area contributed by atoms with Crippen molar-refractivity contribution in [1.29, 1.82) is 0 Å². The van der Waals surface area contributed by atoms with Crippen molar-refractivity contribution in [2.45, 2.75) is 75.8 Å². The first-order chi connectivity index (χ1) is 14.8. The van der Waals surface area contributed by atoms with Gasteiger partial charge in [0.05, 0.1) is 4.90 Å². The zero-order valence-electron chi connectivity index (χ0n) is 18.5. The van der Waals surface area contributed by atoms with Gasteiger partial charge in [-0.25, -0.2) is 12.7 Å². The molecule has 3 aliphatic rings. The summed E-state index contributed by atoms with van der Waals surface area (Å²) in [6, 6.07) is 4.53. The first kappa shape index (κ1) is 22.3. The van der Waals surface area contributed by atoms with Gasteiger partial charge < -0.3 is 4.90 Å². The number of sulfonamides is 1. The Labute approximate surface area is 185 Å². The lowest BCUT2D eigenvalue weighted by molar-refractivity contribution is -0.139. The maximum Gasteiger partial charge on any atom is 0.267 e. The van der Waals surface area contributed by atoms with E-state index in [1.54, 1.807) is 17.0 Å². The van der Waals surface area contributed by atoms with Crippen LogP contribution in [0, 0.1) is 13.8 Å². The molecule has 1 aromatic carbocycles. The molecule has 31 heavy (non-hydrogen) atoms. The second kappa shape index (κ2) is 8.90. The van der Waals surface area contributed by atoms with Crippen molar-refractivity contribution >= 4 is 21.8 Å². The van der Waals surface area contributed by atoms with Crippen LogP contribution in [0.5, 0.6) is 0 Å². The molecule has 3 fully saturated rings. The Morgan fingerprint density at radius 3 is 2.26 bits per heavy atom. The van der Waals surface area contributed by atoms with Gasteiger partial charge in [0.1, 0.15) is 6.04 Å². The fraction of sp³-hybridized carbons (Fsp3) is 0.652. The maximum absolute atomic E-state index is 13.3. The van der Waals surface area contributed by atoms with Crippen LogP contribution in [0.2, 0.25) is 0 Å². The van der Waals surface area contributed by atoms with Gasteiger partial charge in [0.2, 0.25) is 11.8 Å². The monoisotopic (exact) mass is 447 g/mol. The Kier molecular flexibility index (Phi) is 6.40. The average molecular weight is 448 g/mol. The van der Waals surface area contributed by atoms with Crippen molar-refractivity contribution < 1.29 is 18.0 Å². The zero-order valence-corrected chi connectivity index (χ0v) is 19.4. The van der Waals surface area contributed by atoms with Crippen molar-refractivity contribution in [3.8, 4) is 0 Å². The highest BCUT2D eigenvalue weighted by Crippen LogP contribution is 2.30. The third-order valence-corrected chi connectivity index (χ3v) is 9.02. The van der Waals surface area contributed by atoms with E-state index in [9.17, 15) is 18.0 Å². The summed E-state index contributed by atoms with van der Waals surface area (Å²) in [5.74, 6) is -0.723. The van der Waals surface area contributed by atoms with E-state index in [0.29, 0.717) is 19.1 Å². The third kappa shape index (κ3) is 4.37. The van der Waals surface area contributed by atoms with Crippen molar-refractivity contribution in [2.24, 2.45) is 0 Å². The number of piperazine rings is 1. The van der Waals surface area contributed by atoms with E-state index in [1.165, 1.54) is 38.2 Å². The quantitative estimate of drug-likeness (QED) is 0.709. The van der Waals surface area contributed by atoms with E-state index in [2.05, 4.69) is 4.90 Å². The number of aryl methyl sites for hydroxylation is 2. The summed E-state index contributed by atoms with van der Waals surface area (Å²) in [6.45, 7) is 6.58. The molecule has 2 saturated heterocycles. The minimum Gasteiger partial charge on any atom is -0.338 e. The molecule has 7 nitrogen and oxygen atoms in total. The minimum atomic E-state index is -4.06. The average Bonchev–Trinajstić information content (AvgIpc) is 3.18. The highest BCUT2D eigenvalue weighted by atomic mass is 32.2. The van der Waals surface area contributed by atoms with E-state index in [-0.39, 0.29) is 23.6 Å². The summed E-state index contributed by atoms with van der Waals surface area (Å²) in [7, 11) is -4.06. The van der Waals surface area contributed by atoms with Gasteiger partial charge in [-0.1, -0.05) is 25.3 Å². The molecule has 170 valence electrons. The third-order valence-electron chi connectivity index (χ3n) is 7.20. The number of benzene rings is 1. The topological polar surface area (TPSA) is 78.0 Å². The lowest BCUT2D eigenvalue weighted by Gasteiger charge is -2.41. The molecule has 0 spiro atoms. The first-order valence-corrected chi connectivity index (χ1v) is 12.9. The van der Waals surface area contributed by atoms with Crippen LogP contribution in [0.3, 0.4) is 0 Å². The van der Waals surface area contributed by atoms with Crippen LogP contribution in [-0.4, -0.2) is 72.6 Å². The number of amides is 2. The molecule has 0 bridgehead atoms. The number of carbonyl (C=O) groups is 2. The number of hydrogen-bond donors (Lipinski definition) is 0. The van der Waals surface area contributed by atoms with Crippen LogP contribution in [0.1, 0.15) is 56.1 Å². The Morgan fingerprint density at radius 1 is 0.935 bits per heavy atom. The van der Waals surface area contributed by atoms with Crippen LogP contribution in [-0.2, 0) is 19.6 Å². The summed E-state index contributed by atoms with van der Waals surface area (Å²) in [4.78, 5) is 30.2. The van der Waals surface area contributed by atoms with Crippen molar-refractivity contribution in [1.82, 2.24) is 14.1 Å². The first-order valence-electron chi connectivity index (χ1n) is 11.5. The van der Waals surface area contributed by atoms with Gasteiger partial charge in [-0.3, -0.25) is 14.5 Å². The molecule has 4 rings (SSSR count). The van der Waals surface area contributed by atoms with E-state index in [0.717, 1.165) is 28.5 Å². The number of hydrogen-bond acceptors (Lipinski definition) is 5. The number of rotatable bonds is 4. The van der Waals surface area contributed by atoms with Crippen LogP contribution in [0.25, 0.3) is 0 Å². The van der Waals surface area contributed by atoms with Gasteiger partial charge in [0.15, 0.2) is 0 Å². The molecule has 1 atom stereocenters. The Hall–Kier alpha value is -1.93. The molecule has 0 N–H and O–H groups in total. The largest absolute Gasteiger partial charge is 0.338 e. The normalized spacial score (nSPS) is 24.1. The zero-order chi connectivity index (χ0) is 22.2. The van der Waals surface area contributed by atoms with Crippen LogP contribution >= 0.6 is 0 Å². The molecule has 1 unspecified atom stereocenters. The van der Waals surface area contributed by atoms with Crippen molar-refractivity contribution in [2.75, 3.05) is 26.2 Å². The molecule has 0 radical (unpaired) electrons. The van der Waals surface area contributed by atoms with E-state index < -0.39 is 22.0 Å². The molecule has 2 heterocycles. The summed E-state index contributed by atoms with van der Waals surface area (Å²) >= 11 is 0. The smallest absolute Gasteiger partial charge is 0.267 e. The van der Waals surface area contributed by atoms with E-state index in [1.807, 2.05) is 13.8 Å². The molecule has 1 saturated carbocycles. The highest BCUT2D eigenvalue weighted by Gasteiger charge is 2.46. The molecule has 2 aliphatic heterocycles. The standard InChI is InChI=1S/C23H33N3O4S/c1-17-8-9-20(16-18(17)2)31(29,30)26-21(10-11-22(26)27)23(28)25-14-12-24(13-15-25)19-6-4-3-5-7-19/h8-9,16,19,21H,3-7,10-15H2,1-2H3. The molecule has 0 aromatic heterocycles. The van der Waals surface area contributed by atoms with Gasteiger partial charge in [0.25, 0.3) is 10.0 Å². The molecule has 2 amide bonds. The predicted molar refractivity (Wildman–Crippen MR) is 118 cm³/mol. The maximum atomic E-state index is 13.3. The van der Waals surface area contributed by atoms with Crippen LogP contribution in [0.4, 0.5) is 0 Å². The van der Waals surface area contributed by atoms with E-state index in [4.69, 9.17) is 0 Å².